The molecule has 1 N–H and O–H groups in total. The maximum atomic E-state index is 5.26. The second-order valence-electron chi connectivity index (χ2n) is 4.92. The van der Waals surface area contributed by atoms with Gasteiger partial charge < -0.3 is 14.6 Å². The Labute approximate surface area is 120 Å². The van der Waals surface area contributed by atoms with E-state index in [-0.39, 0.29) is 6.04 Å². The lowest BCUT2D eigenvalue weighted by Gasteiger charge is -2.15. The van der Waals surface area contributed by atoms with Gasteiger partial charge in [0.05, 0.1) is 13.7 Å². The van der Waals surface area contributed by atoms with Crippen molar-refractivity contribution in [2.45, 2.75) is 39.4 Å². The highest BCUT2D eigenvalue weighted by molar-refractivity contribution is 5.30. The van der Waals surface area contributed by atoms with Gasteiger partial charge in [-0.1, -0.05) is 19.1 Å². The van der Waals surface area contributed by atoms with Crippen molar-refractivity contribution in [2.24, 2.45) is 0 Å². The number of hydrogen-bond donors (Lipinski definition) is 1. The van der Waals surface area contributed by atoms with E-state index in [1.165, 1.54) is 5.56 Å². The molecule has 4 heteroatoms. The van der Waals surface area contributed by atoms with Crippen LogP contribution in [0.5, 0.6) is 5.75 Å². The molecule has 4 nitrogen and oxygen atoms in total. The van der Waals surface area contributed by atoms with E-state index < -0.39 is 0 Å². The lowest BCUT2D eigenvalue weighted by molar-refractivity contribution is 0.413. The Morgan fingerprint density at radius 1 is 1.40 bits per heavy atom. The summed E-state index contributed by atoms with van der Waals surface area (Å²) in [6, 6.07) is 8.42. The first kappa shape index (κ1) is 14.6. The van der Waals surface area contributed by atoms with E-state index in [4.69, 9.17) is 4.74 Å². The van der Waals surface area contributed by atoms with Gasteiger partial charge in [-0.2, -0.15) is 0 Å². The van der Waals surface area contributed by atoms with Crippen molar-refractivity contribution < 1.29 is 4.74 Å². The van der Waals surface area contributed by atoms with Crippen LogP contribution < -0.4 is 10.1 Å². The monoisotopic (exact) mass is 273 g/mol. The number of nitrogens with zero attached hydrogens (tertiary/aromatic N) is 2. The molecule has 0 fully saturated rings. The smallest absolute Gasteiger partial charge is 0.122 e. The van der Waals surface area contributed by atoms with E-state index in [1.807, 2.05) is 24.5 Å². The molecule has 0 saturated carbocycles. The maximum Gasteiger partial charge on any atom is 0.122 e. The zero-order valence-electron chi connectivity index (χ0n) is 12.5. The molecule has 0 aliphatic heterocycles. The van der Waals surface area contributed by atoms with Crippen molar-refractivity contribution in [1.82, 2.24) is 14.9 Å². The first-order chi connectivity index (χ1) is 9.74. The molecule has 0 unspecified atom stereocenters. The largest absolute Gasteiger partial charge is 0.497 e. The zero-order chi connectivity index (χ0) is 14.4. The van der Waals surface area contributed by atoms with E-state index >= 15 is 0 Å². The molecule has 0 aliphatic rings. The lowest BCUT2D eigenvalue weighted by Crippen LogP contribution is -2.20. The minimum absolute atomic E-state index is 0.261. The molecule has 2 rings (SSSR count). The number of aromatic nitrogens is 2. The van der Waals surface area contributed by atoms with Gasteiger partial charge in [0.1, 0.15) is 11.6 Å². The van der Waals surface area contributed by atoms with Gasteiger partial charge in [0, 0.05) is 25.0 Å². The fraction of sp³-hybridized carbons (Fsp3) is 0.438. The van der Waals surface area contributed by atoms with Gasteiger partial charge >= 0.3 is 0 Å². The summed E-state index contributed by atoms with van der Waals surface area (Å²) in [4.78, 5) is 4.41. The summed E-state index contributed by atoms with van der Waals surface area (Å²) >= 11 is 0. The molecule has 2 aromatic rings. The van der Waals surface area contributed by atoms with E-state index in [1.54, 1.807) is 7.11 Å². The number of methoxy groups -OCH3 is 1. The summed E-state index contributed by atoms with van der Waals surface area (Å²) in [7, 11) is 1.69. The third-order valence-electron chi connectivity index (χ3n) is 3.43. The minimum atomic E-state index is 0.261. The summed E-state index contributed by atoms with van der Waals surface area (Å²) in [6.07, 6.45) is 5.02. The van der Waals surface area contributed by atoms with Crippen molar-refractivity contribution in [1.29, 1.82) is 0 Å². The van der Waals surface area contributed by atoms with Gasteiger partial charge in [-0.25, -0.2) is 4.98 Å². The van der Waals surface area contributed by atoms with Crippen LogP contribution in [0.3, 0.4) is 0 Å². The van der Waals surface area contributed by atoms with Crippen molar-refractivity contribution in [3.8, 4) is 5.75 Å². The first-order valence-electron chi connectivity index (χ1n) is 7.12. The predicted octanol–water partition coefficient (Wildman–Crippen LogP) is 3.15. The minimum Gasteiger partial charge on any atom is -0.497 e. The van der Waals surface area contributed by atoms with E-state index in [2.05, 4.69) is 40.8 Å². The van der Waals surface area contributed by atoms with Crippen LogP contribution >= 0.6 is 0 Å². The highest BCUT2D eigenvalue weighted by atomic mass is 16.5. The number of aryl methyl sites for hydroxylation is 1. The Balaban J connectivity index is 1.97. The van der Waals surface area contributed by atoms with Crippen molar-refractivity contribution >= 4 is 0 Å². The number of hydrogen-bond acceptors (Lipinski definition) is 3. The summed E-state index contributed by atoms with van der Waals surface area (Å²) in [5.74, 6) is 1.98. The van der Waals surface area contributed by atoms with Crippen molar-refractivity contribution in [3.63, 3.8) is 0 Å². The Bertz CT molecular complexity index is 536. The second-order valence-corrected chi connectivity index (χ2v) is 4.92. The van der Waals surface area contributed by atoms with Gasteiger partial charge in [-0.15, -0.1) is 0 Å². The van der Waals surface area contributed by atoms with E-state index in [9.17, 15) is 0 Å². The molecule has 1 atom stereocenters. The fourth-order valence-corrected chi connectivity index (χ4v) is 2.22. The average molecular weight is 273 g/mol. The summed E-state index contributed by atoms with van der Waals surface area (Å²) in [5, 5.41) is 3.51. The molecule has 0 amide bonds. The Kier molecular flexibility index (Phi) is 5.18. The van der Waals surface area contributed by atoms with E-state index in [0.29, 0.717) is 0 Å². The Morgan fingerprint density at radius 2 is 2.25 bits per heavy atom. The summed E-state index contributed by atoms with van der Waals surface area (Å²) < 4.78 is 7.46. The van der Waals surface area contributed by atoms with E-state index in [0.717, 1.165) is 31.1 Å². The van der Waals surface area contributed by atoms with Crippen molar-refractivity contribution in [3.05, 3.63) is 48.0 Å². The van der Waals surface area contributed by atoms with Gasteiger partial charge in [0.15, 0.2) is 0 Å². The van der Waals surface area contributed by atoms with Crippen LogP contribution in [-0.4, -0.2) is 16.7 Å². The standard InChI is InChI=1S/C16H23N3O/c1-4-9-19-10-8-17-16(19)12-18-13(2)14-6-5-7-15(11-14)20-3/h5-8,10-11,13,18H,4,9,12H2,1-3H3/t13-/m0/s1. The van der Waals surface area contributed by atoms with Crippen LogP contribution in [0.15, 0.2) is 36.7 Å². The topological polar surface area (TPSA) is 39.1 Å². The first-order valence-corrected chi connectivity index (χ1v) is 7.12. The third kappa shape index (κ3) is 3.61. The van der Waals surface area contributed by atoms with Gasteiger partial charge in [0.25, 0.3) is 0 Å². The molecule has 1 aromatic heterocycles. The van der Waals surface area contributed by atoms with Crippen LogP contribution in [0.4, 0.5) is 0 Å². The quantitative estimate of drug-likeness (QED) is 0.842. The second kappa shape index (κ2) is 7.10. The molecule has 1 heterocycles. The van der Waals surface area contributed by atoms with Crippen molar-refractivity contribution in [2.75, 3.05) is 7.11 Å². The van der Waals surface area contributed by atoms with Crippen LogP contribution in [0.2, 0.25) is 0 Å². The number of benzene rings is 1. The molecular weight excluding hydrogens is 250 g/mol. The highest BCUT2D eigenvalue weighted by Crippen LogP contribution is 2.19. The van der Waals surface area contributed by atoms with Gasteiger partial charge in [0.2, 0.25) is 0 Å². The van der Waals surface area contributed by atoms with Crippen LogP contribution in [0.25, 0.3) is 0 Å². The van der Waals surface area contributed by atoms with Crippen LogP contribution in [0, 0.1) is 0 Å². The molecular formula is C16H23N3O. The van der Waals surface area contributed by atoms with Crippen LogP contribution in [0.1, 0.15) is 37.7 Å². The molecule has 108 valence electrons. The highest BCUT2D eigenvalue weighted by Gasteiger charge is 2.08. The number of ether oxygens (including phenoxy) is 1. The molecule has 0 radical (unpaired) electrons. The third-order valence-corrected chi connectivity index (χ3v) is 3.43. The van der Waals surface area contributed by atoms with Gasteiger partial charge in [-0.3, -0.25) is 0 Å². The summed E-state index contributed by atoms with van der Waals surface area (Å²) in [6.45, 7) is 6.12. The zero-order valence-corrected chi connectivity index (χ0v) is 12.5. The lowest BCUT2D eigenvalue weighted by atomic mass is 10.1. The molecule has 1 aromatic carbocycles. The Morgan fingerprint density at radius 3 is 3.00 bits per heavy atom. The number of rotatable bonds is 7. The summed E-state index contributed by atoms with van der Waals surface area (Å²) in [5.41, 5.74) is 1.22. The molecule has 0 spiro atoms. The normalized spacial score (nSPS) is 12.3. The molecule has 20 heavy (non-hydrogen) atoms. The maximum absolute atomic E-state index is 5.26. The number of nitrogens with one attached hydrogen (secondary N) is 1. The van der Waals surface area contributed by atoms with Gasteiger partial charge in [-0.05, 0) is 31.0 Å². The molecule has 0 aliphatic carbocycles. The Hall–Kier alpha value is -1.81. The molecule has 0 bridgehead atoms. The SMILES string of the molecule is CCCn1ccnc1CN[C@@H](C)c1cccc(OC)c1. The number of imidazole rings is 1. The molecule has 0 saturated heterocycles. The predicted molar refractivity (Wildman–Crippen MR) is 80.8 cm³/mol. The fourth-order valence-electron chi connectivity index (χ4n) is 2.22. The average Bonchev–Trinajstić information content (AvgIpc) is 2.92. The van der Waals surface area contributed by atoms with Crippen LogP contribution in [-0.2, 0) is 13.1 Å².